The van der Waals surface area contributed by atoms with Crippen LogP contribution in [0.2, 0.25) is 0 Å². The van der Waals surface area contributed by atoms with Crippen LogP contribution in [0, 0.1) is 10.1 Å². The zero-order chi connectivity index (χ0) is 18.4. The maximum absolute atomic E-state index is 12.0. The summed E-state index contributed by atoms with van der Waals surface area (Å²) in [4.78, 5) is 22.7. The summed E-state index contributed by atoms with van der Waals surface area (Å²) in [6, 6.07) is 11.4. The van der Waals surface area contributed by atoms with Gasteiger partial charge in [0.2, 0.25) is 0 Å². The van der Waals surface area contributed by atoms with E-state index in [9.17, 15) is 14.9 Å². The fourth-order valence-electron chi connectivity index (χ4n) is 2.03. The van der Waals surface area contributed by atoms with Gasteiger partial charge in [-0.25, -0.2) is 5.43 Å². The van der Waals surface area contributed by atoms with Gasteiger partial charge in [0.1, 0.15) is 0 Å². The third kappa shape index (κ3) is 4.87. The second-order valence-electron chi connectivity index (χ2n) is 5.02. The average Bonchev–Trinajstić information content (AvgIpc) is 2.60. The number of ether oxygens (including phenoxy) is 1. The number of benzene rings is 2. The van der Waals surface area contributed by atoms with Gasteiger partial charge in [0, 0.05) is 21.7 Å². The van der Waals surface area contributed by atoms with Crippen molar-refractivity contribution < 1.29 is 14.5 Å². The molecule has 0 saturated heterocycles. The molecule has 0 fully saturated rings. The minimum absolute atomic E-state index is 0.145. The monoisotopic (exact) mass is 405 g/mol. The first kappa shape index (κ1) is 18.6. The molecule has 0 aliphatic carbocycles. The van der Waals surface area contributed by atoms with E-state index in [-0.39, 0.29) is 17.3 Å². The fourth-order valence-corrected chi connectivity index (χ4v) is 2.29. The van der Waals surface area contributed by atoms with E-state index in [1.165, 1.54) is 12.1 Å². The molecule has 0 aliphatic heterocycles. The molecule has 0 radical (unpaired) electrons. The number of hydrogen-bond donors (Lipinski definition) is 1. The van der Waals surface area contributed by atoms with Crippen molar-refractivity contribution in [1.82, 2.24) is 5.43 Å². The summed E-state index contributed by atoms with van der Waals surface area (Å²) in [6.07, 6.45) is 0. The highest BCUT2D eigenvalue weighted by molar-refractivity contribution is 9.10. The van der Waals surface area contributed by atoms with Crippen molar-refractivity contribution in [2.45, 2.75) is 13.8 Å². The number of hydrogen-bond acceptors (Lipinski definition) is 5. The molecule has 0 bridgehead atoms. The summed E-state index contributed by atoms with van der Waals surface area (Å²) >= 11 is 3.30. The Morgan fingerprint density at radius 1 is 1.24 bits per heavy atom. The van der Waals surface area contributed by atoms with E-state index in [2.05, 4.69) is 26.5 Å². The number of carbonyl (C=O) groups excluding carboxylic acids is 1. The van der Waals surface area contributed by atoms with Crippen LogP contribution in [0.25, 0.3) is 0 Å². The molecule has 0 spiro atoms. The van der Waals surface area contributed by atoms with Crippen molar-refractivity contribution in [2.75, 3.05) is 6.61 Å². The van der Waals surface area contributed by atoms with E-state index in [0.717, 1.165) is 4.47 Å². The topological polar surface area (TPSA) is 93.8 Å². The molecular weight excluding hydrogens is 390 g/mol. The molecule has 8 heteroatoms. The molecule has 0 unspecified atom stereocenters. The number of nitro groups is 1. The maximum atomic E-state index is 12.0. The predicted octanol–water partition coefficient (Wildman–Crippen LogP) is 3.91. The lowest BCUT2D eigenvalue weighted by Gasteiger charge is -2.07. The van der Waals surface area contributed by atoms with Crippen LogP contribution in [0.15, 0.2) is 52.0 Å². The average molecular weight is 406 g/mol. The normalized spacial score (nSPS) is 11.1. The lowest BCUT2D eigenvalue weighted by molar-refractivity contribution is -0.385. The summed E-state index contributed by atoms with van der Waals surface area (Å²) in [6.45, 7) is 3.74. The molecule has 0 aliphatic rings. The first-order valence-corrected chi connectivity index (χ1v) is 8.23. The molecule has 1 amide bonds. The fraction of sp³-hybridized carbons (Fsp3) is 0.176. The number of hydrazone groups is 1. The molecule has 25 heavy (non-hydrogen) atoms. The largest absolute Gasteiger partial charge is 0.487 e. The Morgan fingerprint density at radius 2 is 1.88 bits per heavy atom. The number of nitrogens with one attached hydrogen (secondary N) is 1. The van der Waals surface area contributed by atoms with E-state index in [1.54, 1.807) is 44.2 Å². The van der Waals surface area contributed by atoms with Crippen LogP contribution >= 0.6 is 15.9 Å². The Kier molecular flexibility index (Phi) is 6.24. The number of halogens is 1. The Morgan fingerprint density at radius 3 is 2.48 bits per heavy atom. The highest BCUT2D eigenvalue weighted by atomic mass is 79.9. The van der Waals surface area contributed by atoms with Crippen molar-refractivity contribution in [2.24, 2.45) is 5.10 Å². The summed E-state index contributed by atoms with van der Waals surface area (Å²) in [5, 5.41) is 15.2. The summed E-state index contributed by atoms with van der Waals surface area (Å²) in [5.74, 6) is -0.171. The number of carbonyl (C=O) groups is 1. The number of nitro benzene ring substituents is 1. The van der Waals surface area contributed by atoms with Gasteiger partial charge in [-0.2, -0.15) is 5.10 Å². The molecular formula is C17H16BrN3O4. The van der Waals surface area contributed by atoms with E-state index >= 15 is 0 Å². The number of rotatable bonds is 6. The van der Waals surface area contributed by atoms with Gasteiger partial charge in [-0.1, -0.05) is 15.9 Å². The molecule has 0 aromatic heterocycles. The van der Waals surface area contributed by atoms with Crippen molar-refractivity contribution in [3.8, 4) is 5.75 Å². The lowest BCUT2D eigenvalue weighted by Crippen LogP contribution is -2.19. The van der Waals surface area contributed by atoms with E-state index in [1.807, 2.05) is 0 Å². The Bertz CT molecular complexity index is 819. The molecule has 2 rings (SSSR count). The molecule has 1 N–H and O–H groups in total. The third-order valence-corrected chi connectivity index (χ3v) is 3.83. The molecule has 0 saturated carbocycles. The van der Waals surface area contributed by atoms with Crippen molar-refractivity contribution in [1.29, 1.82) is 0 Å². The quantitative estimate of drug-likeness (QED) is 0.447. The first-order chi connectivity index (χ1) is 11.9. The van der Waals surface area contributed by atoms with Crippen molar-refractivity contribution in [3.63, 3.8) is 0 Å². The summed E-state index contributed by atoms with van der Waals surface area (Å²) in [7, 11) is 0. The number of amides is 1. The van der Waals surface area contributed by atoms with Gasteiger partial charge in [0.05, 0.1) is 17.2 Å². The van der Waals surface area contributed by atoms with Gasteiger partial charge in [-0.3, -0.25) is 14.9 Å². The zero-order valence-corrected chi connectivity index (χ0v) is 15.2. The van der Waals surface area contributed by atoms with E-state index in [4.69, 9.17) is 4.74 Å². The molecule has 0 atom stereocenters. The molecule has 7 nitrogen and oxygen atoms in total. The molecule has 2 aromatic carbocycles. The van der Waals surface area contributed by atoms with Gasteiger partial charge in [0.25, 0.3) is 5.91 Å². The van der Waals surface area contributed by atoms with Crippen LogP contribution in [0.4, 0.5) is 5.69 Å². The molecule has 0 heterocycles. The van der Waals surface area contributed by atoms with Gasteiger partial charge in [0.15, 0.2) is 5.75 Å². The summed E-state index contributed by atoms with van der Waals surface area (Å²) in [5.41, 5.74) is 3.71. The van der Waals surface area contributed by atoms with Gasteiger partial charge >= 0.3 is 5.69 Å². The smallest absolute Gasteiger partial charge is 0.311 e. The minimum atomic E-state index is -0.512. The van der Waals surface area contributed by atoms with Crippen LogP contribution in [-0.4, -0.2) is 23.1 Å². The van der Waals surface area contributed by atoms with Crippen LogP contribution in [0.5, 0.6) is 5.75 Å². The van der Waals surface area contributed by atoms with Crippen LogP contribution in [-0.2, 0) is 0 Å². The lowest BCUT2D eigenvalue weighted by atomic mass is 10.1. The highest BCUT2D eigenvalue weighted by Gasteiger charge is 2.16. The third-order valence-electron chi connectivity index (χ3n) is 3.30. The highest BCUT2D eigenvalue weighted by Crippen LogP contribution is 2.28. The van der Waals surface area contributed by atoms with Crippen LogP contribution < -0.4 is 10.2 Å². The maximum Gasteiger partial charge on any atom is 0.311 e. The molecule has 2 aromatic rings. The number of nitrogens with zero attached hydrogens (tertiary/aromatic N) is 2. The molecule has 130 valence electrons. The van der Waals surface area contributed by atoms with Gasteiger partial charge < -0.3 is 4.74 Å². The van der Waals surface area contributed by atoms with E-state index < -0.39 is 4.92 Å². The predicted molar refractivity (Wildman–Crippen MR) is 98.1 cm³/mol. The zero-order valence-electron chi connectivity index (χ0n) is 13.7. The minimum Gasteiger partial charge on any atom is -0.487 e. The second-order valence-corrected chi connectivity index (χ2v) is 5.93. The van der Waals surface area contributed by atoms with Gasteiger partial charge in [-0.05, 0) is 50.2 Å². The Labute approximate surface area is 153 Å². The second kappa shape index (κ2) is 8.39. The van der Waals surface area contributed by atoms with Crippen molar-refractivity contribution in [3.05, 3.63) is 68.2 Å². The first-order valence-electron chi connectivity index (χ1n) is 7.44. The van der Waals surface area contributed by atoms with Gasteiger partial charge in [-0.15, -0.1) is 0 Å². The Hall–Kier alpha value is -2.74. The van der Waals surface area contributed by atoms with Crippen molar-refractivity contribution >= 4 is 33.2 Å². The Balaban J connectivity index is 2.18. The van der Waals surface area contributed by atoms with E-state index in [0.29, 0.717) is 23.4 Å². The SMILES string of the molecule is CCOc1ccc(/C(C)=N\NC(=O)c2ccc(Br)cc2)cc1[N+](=O)[O-]. The van der Waals surface area contributed by atoms with Crippen LogP contribution in [0.3, 0.4) is 0 Å². The summed E-state index contributed by atoms with van der Waals surface area (Å²) < 4.78 is 6.11. The van der Waals surface area contributed by atoms with Crippen LogP contribution in [0.1, 0.15) is 29.8 Å². The standard InChI is InChI=1S/C17H16BrN3O4/c1-3-25-16-9-6-13(10-15(16)21(23)24)11(2)19-20-17(22)12-4-7-14(18)8-5-12/h4-10H,3H2,1-2H3,(H,20,22)/b19-11-.